The minimum atomic E-state index is -0.653. The Hall–Kier alpha value is -4.01. The molecule has 0 aliphatic carbocycles. The van der Waals surface area contributed by atoms with Gasteiger partial charge in [-0.1, -0.05) is 39.0 Å². The molecule has 0 fully saturated rings. The molecule has 4 aromatic rings. The molecule has 1 aromatic carbocycles. The lowest BCUT2D eigenvalue weighted by atomic mass is 9.70. The van der Waals surface area contributed by atoms with Crippen LogP contribution in [0.5, 0.6) is 0 Å². The molecule has 7 nitrogen and oxygen atoms in total. The normalized spacial score (nSPS) is 13.7. The zero-order valence-electron chi connectivity index (χ0n) is 21.6. The van der Waals surface area contributed by atoms with E-state index in [-0.39, 0.29) is 22.7 Å². The maximum Gasteiger partial charge on any atom is 0.254 e. The average molecular weight is 505 g/mol. The van der Waals surface area contributed by atoms with E-state index in [2.05, 4.69) is 51.3 Å². The van der Waals surface area contributed by atoms with E-state index in [4.69, 9.17) is 0 Å². The fourth-order valence-electron chi connectivity index (χ4n) is 4.56. The highest BCUT2D eigenvalue weighted by atomic mass is 19.1. The number of carbonyl (C=O) groups excluding carboxylic acids is 1. The fraction of sp³-hybridized carbons (Fsp3) is 0.321. The minimum absolute atomic E-state index is 0.00544. The van der Waals surface area contributed by atoms with Crippen molar-refractivity contribution in [3.05, 3.63) is 77.5 Å². The standard InChI is InChI=1S/C28H30F2N6O/c1-6-28(4,20-9-7-8-19-25(27(37)31-5)22(30)14-34-26(19)20)16(2)12-33-24-11-23(35-15-36-24)18-10-21(29)17(3)32-13-18/h7-11,13-16H,6,12H2,1-5H3,(H,31,37)(H,33,35,36)/t16?,28-/m1/s1. The summed E-state index contributed by atoms with van der Waals surface area (Å²) in [4.78, 5) is 29.5. The second kappa shape index (κ2) is 10.5. The van der Waals surface area contributed by atoms with Crippen LogP contribution in [0.2, 0.25) is 0 Å². The van der Waals surface area contributed by atoms with Gasteiger partial charge < -0.3 is 10.6 Å². The van der Waals surface area contributed by atoms with Gasteiger partial charge in [0, 0.05) is 36.8 Å². The molecule has 2 N–H and O–H groups in total. The molecule has 0 aliphatic rings. The summed E-state index contributed by atoms with van der Waals surface area (Å²) in [5.41, 5.74) is 2.66. The van der Waals surface area contributed by atoms with Crippen LogP contribution in [-0.4, -0.2) is 39.4 Å². The van der Waals surface area contributed by atoms with Crippen LogP contribution in [0.1, 0.15) is 48.8 Å². The first-order valence-corrected chi connectivity index (χ1v) is 12.2. The van der Waals surface area contributed by atoms with Crippen molar-refractivity contribution < 1.29 is 13.6 Å². The number of hydrogen-bond acceptors (Lipinski definition) is 6. The molecule has 192 valence electrons. The molecule has 3 aromatic heterocycles. The van der Waals surface area contributed by atoms with Crippen LogP contribution < -0.4 is 10.6 Å². The minimum Gasteiger partial charge on any atom is -0.370 e. The monoisotopic (exact) mass is 504 g/mol. The second-order valence-electron chi connectivity index (χ2n) is 9.39. The van der Waals surface area contributed by atoms with E-state index in [9.17, 15) is 13.6 Å². The first-order valence-electron chi connectivity index (χ1n) is 12.2. The Labute approximate surface area is 214 Å². The SMILES string of the molecule is CC[C@@](C)(c1cccc2c(C(=O)NC)c(F)cnc12)C(C)CNc1cc(-c2cnc(C)c(F)c2)ncn1. The Morgan fingerprint density at radius 1 is 1.08 bits per heavy atom. The van der Waals surface area contributed by atoms with E-state index in [1.807, 2.05) is 12.1 Å². The van der Waals surface area contributed by atoms with Crippen molar-refractivity contribution in [1.29, 1.82) is 0 Å². The van der Waals surface area contributed by atoms with Crippen molar-refractivity contribution >= 4 is 22.6 Å². The van der Waals surface area contributed by atoms with Gasteiger partial charge in [0.1, 0.15) is 18.0 Å². The maximum atomic E-state index is 14.6. The van der Waals surface area contributed by atoms with Gasteiger partial charge in [-0.25, -0.2) is 18.7 Å². The number of halogens is 2. The molecule has 0 bridgehead atoms. The second-order valence-corrected chi connectivity index (χ2v) is 9.39. The third-order valence-electron chi connectivity index (χ3n) is 7.32. The predicted molar refractivity (Wildman–Crippen MR) is 140 cm³/mol. The summed E-state index contributed by atoms with van der Waals surface area (Å²) in [6, 6.07) is 8.73. The number of fused-ring (bicyclic) bond motifs is 1. The molecule has 0 saturated heterocycles. The molecule has 9 heteroatoms. The van der Waals surface area contributed by atoms with Gasteiger partial charge in [0.2, 0.25) is 0 Å². The van der Waals surface area contributed by atoms with Crippen LogP contribution in [0.25, 0.3) is 22.2 Å². The Bertz CT molecular complexity index is 1460. The first kappa shape index (κ1) is 26.1. The number of nitrogens with one attached hydrogen (secondary N) is 2. The van der Waals surface area contributed by atoms with E-state index in [0.29, 0.717) is 40.2 Å². The summed E-state index contributed by atoms with van der Waals surface area (Å²) >= 11 is 0. The molecule has 0 saturated carbocycles. The number of hydrogen-bond donors (Lipinski definition) is 2. The number of pyridine rings is 2. The topological polar surface area (TPSA) is 92.7 Å². The highest BCUT2D eigenvalue weighted by Gasteiger charge is 2.34. The fourth-order valence-corrected chi connectivity index (χ4v) is 4.56. The van der Waals surface area contributed by atoms with Crippen molar-refractivity contribution in [3.63, 3.8) is 0 Å². The van der Waals surface area contributed by atoms with Crippen LogP contribution in [0.15, 0.2) is 49.1 Å². The summed E-state index contributed by atoms with van der Waals surface area (Å²) < 4.78 is 28.6. The number of para-hydroxylation sites is 1. The van der Waals surface area contributed by atoms with E-state index < -0.39 is 11.7 Å². The summed E-state index contributed by atoms with van der Waals surface area (Å²) in [5, 5.41) is 6.38. The third kappa shape index (κ3) is 4.98. The van der Waals surface area contributed by atoms with Crippen molar-refractivity contribution in [2.45, 2.75) is 39.5 Å². The zero-order valence-corrected chi connectivity index (χ0v) is 21.6. The number of rotatable bonds is 8. The Kier molecular flexibility index (Phi) is 7.42. The largest absolute Gasteiger partial charge is 0.370 e. The van der Waals surface area contributed by atoms with E-state index in [1.165, 1.54) is 19.4 Å². The number of carbonyl (C=O) groups is 1. The van der Waals surface area contributed by atoms with Crippen molar-refractivity contribution in [2.24, 2.45) is 5.92 Å². The van der Waals surface area contributed by atoms with Crippen LogP contribution in [0, 0.1) is 24.5 Å². The number of aromatic nitrogens is 4. The number of nitrogens with zero attached hydrogens (tertiary/aromatic N) is 4. The van der Waals surface area contributed by atoms with Gasteiger partial charge in [-0.3, -0.25) is 14.8 Å². The Morgan fingerprint density at radius 3 is 2.57 bits per heavy atom. The molecule has 0 spiro atoms. The smallest absolute Gasteiger partial charge is 0.254 e. The van der Waals surface area contributed by atoms with Crippen LogP contribution in [-0.2, 0) is 5.41 Å². The van der Waals surface area contributed by atoms with E-state index in [0.717, 1.165) is 18.2 Å². The van der Waals surface area contributed by atoms with Crippen molar-refractivity contribution in [1.82, 2.24) is 25.3 Å². The molecule has 37 heavy (non-hydrogen) atoms. The quantitative estimate of drug-likeness (QED) is 0.332. The number of aryl methyl sites for hydroxylation is 1. The number of anilines is 1. The molecule has 3 heterocycles. The van der Waals surface area contributed by atoms with E-state index in [1.54, 1.807) is 25.3 Å². The molecular formula is C28H30F2N6O. The lowest BCUT2D eigenvalue weighted by Gasteiger charge is -2.36. The van der Waals surface area contributed by atoms with E-state index >= 15 is 0 Å². The highest BCUT2D eigenvalue weighted by Crippen LogP contribution is 2.39. The zero-order chi connectivity index (χ0) is 26.7. The summed E-state index contributed by atoms with van der Waals surface area (Å²) in [6.07, 6.45) is 4.92. The Balaban J connectivity index is 1.62. The summed E-state index contributed by atoms with van der Waals surface area (Å²) in [6.45, 7) is 8.55. The van der Waals surface area contributed by atoms with Crippen LogP contribution in [0.4, 0.5) is 14.6 Å². The lowest BCUT2D eigenvalue weighted by molar-refractivity contribution is 0.0960. The lowest BCUT2D eigenvalue weighted by Crippen LogP contribution is -2.34. The molecule has 0 radical (unpaired) electrons. The van der Waals surface area contributed by atoms with Crippen LogP contribution >= 0.6 is 0 Å². The third-order valence-corrected chi connectivity index (χ3v) is 7.32. The van der Waals surface area contributed by atoms with Gasteiger partial charge in [-0.2, -0.15) is 0 Å². The summed E-state index contributed by atoms with van der Waals surface area (Å²) in [7, 11) is 1.48. The van der Waals surface area contributed by atoms with Gasteiger partial charge >= 0.3 is 0 Å². The van der Waals surface area contributed by atoms with Crippen molar-refractivity contribution in [3.8, 4) is 11.3 Å². The highest BCUT2D eigenvalue weighted by molar-refractivity contribution is 6.06. The number of amides is 1. The van der Waals surface area contributed by atoms with Gasteiger partial charge in [0.05, 0.1) is 28.7 Å². The van der Waals surface area contributed by atoms with Gasteiger partial charge in [0.25, 0.3) is 5.91 Å². The first-order chi connectivity index (χ1) is 17.7. The predicted octanol–water partition coefficient (Wildman–Crippen LogP) is 5.45. The number of benzene rings is 1. The van der Waals surface area contributed by atoms with Gasteiger partial charge in [-0.05, 0) is 36.3 Å². The molecule has 4 rings (SSSR count). The maximum absolute atomic E-state index is 14.6. The molecule has 2 atom stereocenters. The average Bonchev–Trinajstić information content (AvgIpc) is 2.92. The van der Waals surface area contributed by atoms with Gasteiger partial charge in [-0.15, -0.1) is 0 Å². The molecule has 1 amide bonds. The molecule has 1 unspecified atom stereocenters. The van der Waals surface area contributed by atoms with Gasteiger partial charge in [0.15, 0.2) is 5.82 Å². The Morgan fingerprint density at radius 2 is 1.86 bits per heavy atom. The molecule has 0 aliphatic heterocycles. The van der Waals surface area contributed by atoms with Crippen molar-refractivity contribution in [2.75, 3.05) is 18.9 Å². The molecular weight excluding hydrogens is 474 g/mol. The summed E-state index contributed by atoms with van der Waals surface area (Å²) in [5.74, 6) is -0.828. The van der Waals surface area contributed by atoms with Crippen LogP contribution in [0.3, 0.4) is 0 Å².